The van der Waals surface area contributed by atoms with Crippen LogP contribution in [0.5, 0.6) is 0 Å². The van der Waals surface area contributed by atoms with Crippen LogP contribution in [0, 0.1) is 16.0 Å². The summed E-state index contributed by atoms with van der Waals surface area (Å²) in [4.78, 5) is 12.4. The van der Waals surface area contributed by atoms with Crippen LogP contribution in [0.4, 0.5) is 11.4 Å². The van der Waals surface area contributed by atoms with Gasteiger partial charge in [-0.1, -0.05) is 17.7 Å². The zero-order valence-electron chi connectivity index (χ0n) is 9.17. The van der Waals surface area contributed by atoms with Crippen molar-refractivity contribution in [1.29, 1.82) is 0 Å². The van der Waals surface area contributed by atoms with Gasteiger partial charge >= 0.3 is 0 Å². The Hall–Kier alpha value is -1.33. The Morgan fingerprint density at radius 1 is 1.59 bits per heavy atom. The molecule has 1 fully saturated rings. The molecule has 1 atom stereocenters. The number of para-hydroxylation sites is 1. The van der Waals surface area contributed by atoms with Crippen LogP contribution in [-0.4, -0.2) is 29.7 Å². The van der Waals surface area contributed by atoms with E-state index in [4.69, 9.17) is 16.7 Å². The van der Waals surface area contributed by atoms with Gasteiger partial charge in [0.05, 0.1) is 9.95 Å². The predicted molar refractivity (Wildman–Crippen MR) is 65.5 cm³/mol. The highest BCUT2D eigenvalue weighted by Crippen LogP contribution is 2.37. The quantitative estimate of drug-likeness (QED) is 0.664. The van der Waals surface area contributed by atoms with Crippen molar-refractivity contribution in [3.63, 3.8) is 0 Å². The van der Waals surface area contributed by atoms with Crippen molar-refractivity contribution < 1.29 is 10.0 Å². The number of aliphatic hydroxyl groups excluding tert-OH is 1. The van der Waals surface area contributed by atoms with Crippen LogP contribution in [0.2, 0.25) is 5.02 Å². The molecule has 1 aliphatic heterocycles. The first kappa shape index (κ1) is 12.1. The van der Waals surface area contributed by atoms with Crippen LogP contribution in [0.1, 0.15) is 6.42 Å². The summed E-state index contributed by atoms with van der Waals surface area (Å²) in [5.41, 5.74) is 0.492. The standard InChI is InChI=1S/C11H13ClN2O3/c12-9-2-1-3-10(14(16)17)11(9)13-5-4-8(6-13)7-15/h1-3,8,15H,4-7H2. The van der Waals surface area contributed by atoms with Crippen LogP contribution < -0.4 is 4.90 Å². The molecule has 17 heavy (non-hydrogen) atoms. The van der Waals surface area contributed by atoms with Gasteiger partial charge in [-0.25, -0.2) is 0 Å². The van der Waals surface area contributed by atoms with Gasteiger partial charge in [-0.15, -0.1) is 0 Å². The number of nitro groups is 1. The maximum atomic E-state index is 11.0. The second-order valence-electron chi connectivity index (χ2n) is 4.15. The van der Waals surface area contributed by atoms with Crippen molar-refractivity contribution in [3.05, 3.63) is 33.3 Å². The lowest BCUT2D eigenvalue weighted by atomic mass is 10.1. The first-order valence-corrected chi connectivity index (χ1v) is 5.80. The molecule has 1 N–H and O–H groups in total. The van der Waals surface area contributed by atoms with Gasteiger partial charge in [-0.05, 0) is 12.5 Å². The van der Waals surface area contributed by atoms with Crippen LogP contribution in [0.3, 0.4) is 0 Å². The van der Waals surface area contributed by atoms with E-state index < -0.39 is 4.92 Å². The molecule has 0 aliphatic carbocycles. The Bertz CT molecular complexity index is 439. The van der Waals surface area contributed by atoms with Crippen molar-refractivity contribution in [2.75, 3.05) is 24.6 Å². The maximum absolute atomic E-state index is 11.0. The molecule has 0 spiro atoms. The van der Waals surface area contributed by atoms with E-state index in [0.29, 0.717) is 23.8 Å². The van der Waals surface area contributed by atoms with Gasteiger partial charge in [0, 0.05) is 31.7 Å². The molecule has 0 bridgehead atoms. The molecular weight excluding hydrogens is 244 g/mol. The highest BCUT2D eigenvalue weighted by molar-refractivity contribution is 6.33. The van der Waals surface area contributed by atoms with E-state index in [1.165, 1.54) is 6.07 Å². The summed E-state index contributed by atoms with van der Waals surface area (Å²) < 4.78 is 0. The molecule has 0 radical (unpaired) electrons. The van der Waals surface area contributed by atoms with Gasteiger partial charge in [-0.3, -0.25) is 10.1 Å². The molecule has 1 aliphatic rings. The largest absolute Gasteiger partial charge is 0.396 e. The third-order valence-electron chi connectivity index (χ3n) is 3.02. The minimum Gasteiger partial charge on any atom is -0.396 e. The Labute approximate surface area is 104 Å². The lowest BCUT2D eigenvalue weighted by Crippen LogP contribution is -2.22. The van der Waals surface area contributed by atoms with Crippen molar-refractivity contribution in [2.45, 2.75) is 6.42 Å². The minimum absolute atomic E-state index is 0.0242. The third kappa shape index (κ3) is 2.35. The fourth-order valence-corrected chi connectivity index (χ4v) is 2.44. The van der Waals surface area contributed by atoms with Crippen LogP contribution in [0.25, 0.3) is 0 Å². The van der Waals surface area contributed by atoms with Crippen molar-refractivity contribution in [2.24, 2.45) is 5.92 Å². The summed E-state index contributed by atoms with van der Waals surface area (Å²) in [5.74, 6) is 0.172. The van der Waals surface area contributed by atoms with E-state index in [9.17, 15) is 10.1 Å². The Morgan fingerprint density at radius 2 is 2.35 bits per heavy atom. The molecule has 1 aromatic rings. The first-order valence-electron chi connectivity index (χ1n) is 5.42. The molecule has 92 valence electrons. The monoisotopic (exact) mass is 256 g/mol. The molecule has 5 nitrogen and oxygen atoms in total. The number of aliphatic hydroxyl groups is 1. The number of anilines is 1. The Morgan fingerprint density at radius 3 is 2.94 bits per heavy atom. The molecular formula is C11H13ClN2O3. The zero-order chi connectivity index (χ0) is 12.4. The van der Waals surface area contributed by atoms with Crippen LogP contribution in [-0.2, 0) is 0 Å². The number of benzene rings is 1. The molecule has 2 rings (SSSR count). The normalized spacial score (nSPS) is 19.6. The number of hydrogen-bond acceptors (Lipinski definition) is 4. The van der Waals surface area contributed by atoms with Crippen molar-refractivity contribution >= 4 is 23.0 Å². The first-order chi connectivity index (χ1) is 8.13. The summed E-state index contributed by atoms with van der Waals surface area (Å²) in [6, 6.07) is 4.67. The van der Waals surface area contributed by atoms with Crippen molar-refractivity contribution in [1.82, 2.24) is 0 Å². The van der Waals surface area contributed by atoms with E-state index in [-0.39, 0.29) is 18.2 Å². The number of nitro benzene ring substituents is 1. The summed E-state index contributed by atoms with van der Waals surface area (Å²) in [5, 5.41) is 20.4. The number of nitrogens with zero attached hydrogens (tertiary/aromatic N) is 2. The number of halogens is 1. The van der Waals surface area contributed by atoms with Gasteiger partial charge in [0.15, 0.2) is 0 Å². The summed E-state index contributed by atoms with van der Waals surface area (Å²) >= 11 is 6.04. The fraction of sp³-hybridized carbons (Fsp3) is 0.455. The molecule has 0 saturated carbocycles. The van der Waals surface area contributed by atoms with E-state index in [1.54, 1.807) is 12.1 Å². The van der Waals surface area contributed by atoms with Crippen LogP contribution in [0.15, 0.2) is 18.2 Å². The number of hydrogen-bond donors (Lipinski definition) is 1. The lowest BCUT2D eigenvalue weighted by Gasteiger charge is -2.19. The molecule has 1 unspecified atom stereocenters. The topological polar surface area (TPSA) is 66.6 Å². The fourth-order valence-electron chi connectivity index (χ4n) is 2.15. The lowest BCUT2D eigenvalue weighted by molar-refractivity contribution is -0.384. The van der Waals surface area contributed by atoms with Gasteiger partial charge in [-0.2, -0.15) is 0 Å². The number of rotatable bonds is 3. The second-order valence-corrected chi connectivity index (χ2v) is 4.56. The average Bonchev–Trinajstić information content (AvgIpc) is 2.76. The van der Waals surface area contributed by atoms with Crippen LogP contribution >= 0.6 is 11.6 Å². The summed E-state index contributed by atoms with van der Waals surface area (Å²) in [6.45, 7) is 1.41. The molecule has 1 aromatic carbocycles. The highest BCUT2D eigenvalue weighted by Gasteiger charge is 2.28. The highest BCUT2D eigenvalue weighted by atomic mass is 35.5. The maximum Gasteiger partial charge on any atom is 0.294 e. The SMILES string of the molecule is O=[N+]([O-])c1cccc(Cl)c1N1CCC(CO)C1. The molecule has 1 saturated heterocycles. The van der Waals surface area contributed by atoms with E-state index in [2.05, 4.69) is 0 Å². The van der Waals surface area contributed by atoms with Gasteiger partial charge in [0.25, 0.3) is 5.69 Å². The van der Waals surface area contributed by atoms with Gasteiger partial charge in [0.2, 0.25) is 0 Å². The molecule has 0 amide bonds. The van der Waals surface area contributed by atoms with Gasteiger partial charge < -0.3 is 10.0 Å². The zero-order valence-corrected chi connectivity index (χ0v) is 9.93. The average molecular weight is 257 g/mol. The van der Waals surface area contributed by atoms with E-state index >= 15 is 0 Å². The third-order valence-corrected chi connectivity index (χ3v) is 3.33. The van der Waals surface area contributed by atoms with Gasteiger partial charge in [0.1, 0.15) is 5.69 Å². The summed E-state index contributed by atoms with van der Waals surface area (Å²) in [7, 11) is 0. The molecule has 6 heteroatoms. The second kappa shape index (κ2) is 4.89. The Balaban J connectivity index is 2.34. The molecule has 1 heterocycles. The minimum atomic E-state index is -0.423. The smallest absolute Gasteiger partial charge is 0.294 e. The van der Waals surface area contributed by atoms with Crippen molar-refractivity contribution in [3.8, 4) is 0 Å². The predicted octanol–water partition coefficient (Wildman–Crippen LogP) is 2.07. The molecule has 0 aromatic heterocycles. The van der Waals surface area contributed by atoms with E-state index in [1.807, 2.05) is 4.90 Å². The van der Waals surface area contributed by atoms with E-state index in [0.717, 1.165) is 6.42 Å². The summed E-state index contributed by atoms with van der Waals surface area (Å²) in [6.07, 6.45) is 0.832. The Kier molecular flexibility index (Phi) is 3.49.